The van der Waals surface area contributed by atoms with E-state index < -0.39 is 13.9 Å². The van der Waals surface area contributed by atoms with Crippen LogP contribution in [0.1, 0.15) is 181 Å². The third-order valence-corrected chi connectivity index (χ3v) is 9.01. The number of rotatable bonds is 36. The molecule has 2 atom stereocenters. The molecule has 264 valence electrons. The normalized spacial score (nSPS) is 13.6. The first-order valence-electron chi connectivity index (χ1n) is 18.5. The maximum Gasteiger partial charge on any atom is 0.472 e. The molecule has 0 bridgehead atoms. The van der Waals surface area contributed by atoms with Gasteiger partial charge in [-0.1, -0.05) is 162 Å². The predicted molar refractivity (Wildman–Crippen MR) is 183 cm³/mol. The molecule has 0 saturated carbocycles. The molecule has 0 amide bonds. The second-order valence-electron chi connectivity index (χ2n) is 12.5. The molecule has 0 spiro atoms. The van der Waals surface area contributed by atoms with Crippen molar-refractivity contribution in [2.45, 2.75) is 187 Å². The highest BCUT2D eigenvalue weighted by molar-refractivity contribution is 7.47. The second-order valence-corrected chi connectivity index (χ2v) is 13.9. The Morgan fingerprint density at radius 3 is 1.43 bits per heavy atom. The molecule has 0 aromatic carbocycles. The van der Waals surface area contributed by atoms with Crippen molar-refractivity contribution in [3.05, 3.63) is 0 Å². The zero-order valence-electron chi connectivity index (χ0n) is 28.9. The number of unbranched alkanes of at least 4 members (excludes halogenated alkanes) is 23. The first kappa shape index (κ1) is 43.5. The number of carbonyl (C=O) groups excluding carboxylic acids is 1. The highest BCUT2D eigenvalue weighted by Crippen LogP contribution is 2.43. The van der Waals surface area contributed by atoms with Gasteiger partial charge in [0.05, 0.1) is 19.8 Å². The second kappa shape index (κ2) is 33.9. The molecule has 0 aliphatic heterocycles. The average Bonchev–Trinajstić information content (AvgIpc) is 3.01. The maximum absolute atomic E-state index is 12.1. The van der Waals surface area contributed by atoms with Crippen LogP contribution in [0.25, 0.3) is 0 Å². The van der Waals surface area contributed by atoms with Gasteiger partial charge in [-0.2, -0.15) is 0 Å². The monoisotopic (exact) mass is 650 g/mol. The maximum atomic E-state index is 12.1. The van der Waals surface area contributed by atoms with Gasteiger partial charge in [0.1, 0.15) is 6.10 Å². The van der Waals surface area contributed by atoms with Crippen molar-refractivity contribution in [2.24, 2.45) is 5.73 Å². The Morgan fingerprint density at radius 2 is 1.00 bits per heavy atom. The van der Waals surface area contributed by atoms with Gasteiger partial charge in [-0.05, 0) is 12.8 Å². The van der Waals surface area contributed by atoms with E-state index in [9.17, 15) is 14.3 Å². The van der Waals surface area contributed by atoms with Gasteiger partial charge in [0.25, 0.3) is 0 Å². The fourth-order valence-electron chi connectivity index (χ4n) is 5.29. The van der Waals surface area contributed by atoms with E-state index in [4.69, 9.17) is 24.3 Å². The van der Waals surface area contributed by atoms with Crippen LogP contribution in [0.15, 0.2) is 0 Å². The molecule has 2 unspecified atom stereocenters. The number of hydrogen-bond donors (Lipinski definition) is 2. The third-order valence-electron chi connectivity index (χ3n) is 8.02. The molecule has 0 aromatic heterocycles. The van der Waals surface area contributed by atoms with Crippen molar-refractivity contribution in [1.82, 2.24) is 0 Å². The van der Waals surface area contributed by atoms with Crippen molar-refractivity contribution in [1.29, 1.82) is 0 Å². The van der Waals surface area contributed by atoms with Crippen molar-refractivity contribution < 1.29 is 32.8 Å². The van der Waals surface area contributed by atoms with Crippen LogP contribution >= 0.6 is 7.82 Å². The molecule has 0 aliphatic rings. The molecule has 9 heteroatoms. The van der Waals surface area contributed by atoms with Crippen LogP contribution in [0.5, 0.6) is 0 Å². The molecule has 0 aromatic rings. The SMILES string of the molecule is CCCCCCCCCCCCCCCCCCCCCCCCOCC(COP(=O)(O)OCCN)OC(=O)CCCCC. The summed E-state index contributed by atoms with van der Waals surface area (Å²) in [5.41, 5.74) is 5.31. The Hall–Kier alpha value is -0.500. The molecule has 0 radical (unpaired) electrons. The summed E-state index contributed by atoms with van der Waals surface area (Å²) in [5, 5.41) is 0. The molecule has 8 nitrogen and oxygen atoms in total. The smallest absolute Gasteiger partial charge is 0.457 e. The highest BCUT2D eigenvalue weighted by Gasteiger charge is 2.25. The zero-order chi connectivity index (χ0) is 32.4. The van der Waals surface area contributed by atoms with E-state index in [0.717, 1.165) is 32.1 Å². The first-order valence-corrected chi connectivity index (χ1v) is 20.0. The Balaban J connectivity index is 3.67. The number of esters is 1. The fourth-order valence-corrected chi connectivity index (χ4v) is 6.06. The summed E-state index contributed by atoms with van der Waals surface area (Å²) in [6.45, 7) is 4.78. The van der Waals surface area contributed by atoms with Gasteiger partial charge >= 0.3 is 13.8 Å². The van der Waals surface area contributed by atoms with Crippen LogP contribution in [0.3, 0.4) is 0 Å². The molecule has 3 N–H and O–H groups in total. The summed E-state index contributed by atoms with van der Waals surface area (Å²) in [7, 11) is -4.24. The average molecular weight is 650 g/mol. The van der Waals surface area contributed by atoms with Crippen molar-refractivity contribution >= 4 is 13.8 Å². The van der Waals surface area contributed by atoms with Crippen LogP contribution in [0.2, 0.25) is 0 Å². The molecular weight excluding hydrogens is 577 g/mol. The first-order chi connectivity index (χ1) is 21.4. The van der Waals surface area contributed by atoms with E-state index in [-0.39, 0.29) is 32.3 Å². The molecule has 0 saturated heterocycles. The van der Waals surface area contributed by atoms with E-state index in [2.05, 4.69) is 13.8 Å². The van der Waals surface area contributed by atoms with E-state index in [1.807, 2.05) is 0 Å². The van der Waals surface area contributed by atoms with Crippen LogP contribution in [0.4, 0.5) is 0 Å². The van der Waals surface area contributed by atoms with E-state index >= 15 is 0 Å². The Morgan fingerprint density at radius 1 is 0.591 bits per heavy atom. The minimum Gasteiger partial charge on any atom is -0.457 e. The summed E-state index contributed by atoms with van der Waals surface area (Å²) in [5.74, 6) is -0.351. The lowest BCUT2D eigenvalue weighted by Crippen LogP contribution is -2.28. The van der Waals surface area contributed by atoms with Gasteiger partial charge in [-0.25, -0.2) is 4.57 Å². The molecule has 0 rings (SSSR count). The minimum absolute atomic E-state index is 0.0920. The van der Waals surface area contributed by atoms with Gasteiger partial charge < -0.3 is 20.1 Å². The number of nitrogens with two attached hydrogens (primary N) is 1. The van der Waals surface area contributed by atoms with Crippen LogP contribution in [-0.2, 0) is 27.9 Å². The van der Waals surface area contributed by atoms with E-state index in [1.54, 1.807) is 0 Å². The fraction of sp³-hybridized carbons (Fsp3) is 0.971. The number of ether oxygens (including phenoxy) is 2. The van der Waals surface area contributed by atoms with E-state index in [0.29, 0.717) is 13.0 Å². The Kier molecular flexibility index (Phi) is 33.5. The minimum atomic E-state index is -4.24. The number of carbonyl (C=O) groups is 1. The summed E-state index contributed by atoms with van der Waals surface area (Å²) in [4.78, 5) is 21.9. The lowest BCUT2D eigenvalue weighted by molar-refractivity contribution is -0.154. The van der Waals surface area contributed by atoms with Crippen LogP contribution < -0.4 is 5.73 Å². The number of hydrogen-bond acceptors (Lipinski definition) is 7. The summed E-state index contributed by atoms with van der Waals surface area (Å²) >= 11 is 0. The van der Waals surface area contributed by atoms with E-state index in [1.165, 1.54) is 128 Å². The molecule has 0 heterocycles. The van der Waals surface area contributed by atoms with Gasteiger partial charge in [0, 0.05) is 19.6 Å². The van der Waals surface area contributed by atoms with Gasteiger partial charge in [-0.3, -0.25) is 13.8 Å². The summed E-state index contributed by atoms with van der Waals surface area (Å²) in [6, 6.07) is 0. The van der Waals surface area contributed by atoms with Gasteiger partial charge in [0.15, 0.2) is 0 Å². The van der Waals surface area contributed by atoms with Gasteiger partial charge in [-0.15, -0.1) is 0 Å². The number of phosphoric acid groups is 1. The highest BCUT2D eigenvalue weighted by atomic mass is 31.2. The molecular formula is C35H72NO7P. The molecule has 0 fully saturated rings. The summed E-state index contributed by atoms with van der Waals surface area (Å²) < 4.78 is 32.9. The predicted octanol–water partition coefficient (Wildman–Crippen LogP) is 10.2. The lowest BCUT2D eigenvalue weighted by Gasteiger charge is -2.20. The quantitative estimate of drug-likeness (QED) is 0.0391. The Labute approximate surface area is 271 Å². The van der Waals surface area contributed by atoms with Crippen molar-refractivity contribution in [3.63, 3.8) is 0 Å². The topological polar surface area (TPSA) is 117 Å². The largest absolute Gasteiger partial charge is 0.472 e. The Bertz CT molecular complexity index is 653. The third kappa shape index (κ3) is 32.9. The number of phosphoric ester groups is 1. The van der Waals surface area contributed by atoms with Crippen molar-refractivity contribution in [2.75, 3.05) is 33.0 Å². The zero-order valence-corrected chi connectivity index (χ0v) is 29.8. The van der Waals surface area contributed by atoms with Crippen LogP contribution in [-0.4, -0.2) is 49.9 Å². The molecule has 44 heavy (non-hydrogen) atoms. The molecule has 0 aliphatic carbocycles. The van der Waals surface area contributed by atoms with Crippen molar-refractivity contribution in [3.8, 4) is 0 Å². The summed E-state index contributed by atoms with van der Waals surface area (Å²) in [6.07, 6.45) is 32.1. The van der Waals surface area contributed by atoms with Gasteiger partial charge in [0.2, 0.25) is 0 Å². The lowest BCUT2D eigenvalue weighted by atomic mass is 10.0. The standard InChI is InChI=1S/C35H72NO7P/c1-3-5-7-8-9-10-11-12-13-14-15-16-17-18-19-20-21-22-23-24-25-27-30-40-32-34(43-35(37)28-26-6-4-2)33-42-44(38,39)41-31-29-36/h34H,3-33,36H2,1-2H3,(H,38,39). The van der Waals surface area contributed by atoms with Crippen LogP contribution in [0, 0.1) is 0 Å².